The van der Waals surface area contributed by atoms with Gasteiger partial charge >= 0.3 is 0 Å². The second kappa shape index (κ2) is 8.53. The number of aryl methyl sites for hydroxylation is 1. The molecule has 1 aromatic rings. The molecule has 0 saturated carbocycles. The summed E-state index contributed by atoms with van der Waals surface area (Å²) in [5.74, 6) is 5.59. The molecule has 3 N–H and O–H groups in total. The van der Waals surface area contributed by atoms with E-state index in [0.717, 1.165) is 12.8 Å². The lowest BCUT2D eigenvalue weighted by atomic mass is 10.1. The molecule has 1 amide bonds. The van der Waals surface area contributed by atoms with Crippen molar-refractivity contribution in [3.63, 3.8) is 0 Å². The van der Waals surface area contributed by atoms with Crippen molar-refractivity contribution in [3.8, 4) is 5.75 Å². The van der Waals surface area contributed by atoms with Gasteiger partial charge in [0.15, 0.2) is 6.10 Å². The van der Waals surface area contributed by atoms with Gasteiger partial charge in [-0.15, -0.1) is 0 Å². The van der Waals surface area contributed by atoms with Gasteiger partial charge in [0.1, 0.15) is 5.75 Å². The fraction of sp³-hybridized carbons (Fsp3) is 0.533. The van der Waals surface area contributed by atoms with Crippen molar-refractivity contribution in [2.45, 2.75) is 52.1 Å². The number of nitrogens with one attached hydrogen (secondary N) is 1. The molecule has 4 nitrogen and oxygen atoms in total. The Bertz CT molecular complexity index is 376. The second-order valence-corrected chi connectivity index (χ2v) is 4.65. The van der Waals surface area contributed by atoms with Crippen LogP contribution in [0.25, 0.3) is 0 Å². The zero-order chi connectivity index (χ0) is 14.1. The van der Waals surface area contributed by atoms with E-state index in [1.165, 1.54) is 18.4 Å². The lowest BCUT2D eigenvalue weighted by molar-refractivity contribution is -0.128. The molecule has 106 valence electrons. The SMILES string of the molecule is CCCCc1ccc(OC(CCC)C(=O)NN)cc1. The first-order chi connectivity index (χ1) is 9.21. The van der Waals surface area contributed by atoms with Crippen molar-refractivity contribution < 1.29 is 9.53 Å². The van der Waals surface area contributed by atoms with Crippen LogP contribution in [-0.4, -0.2) is 12.0 Å². The first-order valence-electron chi connectivity index (χ1n) is 6.97. The molecule has 0 heterocycles. The molecule has 1 rings (SSSR count). The Morgan fingerprint density at radius 3 is 2.47 bits per heavy atom. The summed E-state index contributed by atoms with van der Waals surface area (Å²) < 4.78 is 5.67. The maximum Gasteiger partial charge on any atom is 0.274 e. The van der Waals surface area contributed by atoms with Crippen LogP contribution in [0, 0.1) is 0 Å². The molecule has 0 radical (unpaired) electrons. The monoisotopic (exact) mass is 264 g/mol. The third-order valence-corrected chi connectivity index (χ3v) is 3.01. The highest BCUT2D eigenvalue weighted by atomic mass is 16.5. The lowest BCUT2D eigenvalue weighted by Crippen LogP contribution is -2.42. The number of hydrogen-bond acceptors (Lipinski definition) is 3. The molecule has 0 spiro atoms. The van der Waals surface area contributed by atoms with Gasteiger partial charge in [-0.1, -0.05) is 38.8 Å². The molecular weight excluding hydrogens is 240 g/mol. The molecule has 0 saturated heterocycles. The van der Waals surface area contributed by atoms with Gasteiger partial charge in [0, 0.05) is 0 Å². The van der Waals surface area contributed by atoms with Gasteiger partial charge in [0.25, 0.3) is 5.91 Å². The van der Waals surface area contributed by atoms with Crippen molar-refractivity contribution in [2.75, 3.05) is 0 Å². The Hall–Kier alpha value is -1.55. The Labute approximate surface area is 115 Å². The number of ether oxygens (including phenoxy) is 1. The first-order valence-corrected chi connectivity index (χ1v) is 6.97. The second-order valence-electron chi connectivity index (χ2n) is 4.65. The normalized spacial score (nSPS) is 11.9. The van der Waals surface area contributed by atoms with E-state index in [9.17, 15) is 4.79 Å². The van der Waals surface area contributed by atoms with Gasteiger partial charge in [-0.3, -0.25) is 10.2 Å². The van der Waals surface area contributed by atoms with Gasteiger partial charge in [-0.05, 0) is 37.0 Å². The van der Waals surface area contributed by atoms with Crippen molar-refractivity contribution in [3.05, 3.63) is 29.8 Å². The maximum atomic E-state index is 11.6. The summed E-state index contributed by atoms with van der Waals surface area (Å²) in [5.41, 5.74) is 3.44. The average Bonchev–Trinajstić information content (AvgIpc) is 2.45. The summed E-state index contributed by atoms with van der Waals surface area (Å²) in [6.45, 7) is 4.19. The molecule has 0 aliphatic rings. The molecule has 0 bridgehead atoms. The van der Waals surface area contributed by atoms with Crippen molar-refractivity contribution in [2.24, 2.45) is 5.84 Å². The summed E-state index contributed by atoms with van der Waals surface area (Å²) in [6, 6.07) is 7.93. The minimum absolute atomic E-state index is 0.281. The minimum atomic E-state index is -0.517. The third-order valence-electron chi connectivity index (χ3n) is 3.01. The molecule has 0 aromatic heterocycles. The van der Waals surface area contributed by atoms with Crippen molar-refractivity contribution in [1.29, 1.82) is 0 Å². The predicted octanol–water partition coefficient (Wildman–Crippen LogP) is 2.57. The van der Waals surface area contributed by atoms with E-state index in [1.54, 1.807) is 0 Å². The van der Waals surface area contributed by atoms with Crippen LogP contribution in [0.2, 0.25) is 0 Å². The fourth-order valence-electron chi connectivity index (χ4n) is 1.88. The molecule has 19 heavy (non-hydrogen) atoms. The van der Waals surface area contributed by atoms with E-state index >= 15 is 0 Å². The van der Waals surface area contributed by atoms with Gasteiger partial charge in [-0.2, -0.15) is 0 Å². The molecular formula is C15H24N2O2. The summed E-state index contributed by atoms with van der Waals surface area (Å²) in [6.07, 6.45) is 4.46. The summed E-state index contributed by atoms with van der Waals surface area (Å²) >= 11 is 0. The topological polar surface area (TPSA) is 64.3 Å². The van der Waals surface area contributed by atoms with E-state index in [2.05, 4.69) is 12.3 Å². The van der Waals surface area contributed by atoms with Crippen molar-refractivity contribution in [1.82, 2.24) is 5.43 Å². The van der Waals surface area contributed by atoms with Crippen LogP contribution < -0.4 is 16.0 Å². The quantitative estimate of drug-likeness (QED) is 0.431. The highest BCUT2D eigenvalue weighted by Gasteiger charge is 2.18. The summed E-state index contributed by atoms with van der Waals surface area (Å²) in [5, 5.41) is 0. The highest BCUT2D eigenvalue weighted by Crippen LogP contribution is 2.17. The van der Waals surface area contributed by atoms with Crippen LogP contribution in [0.4, 0.5) is 0 Å². The maximum absolute atomic E-state index is 11.6. The first kappa shape index (κ1) is 15.5. The number of carbonyl (C=O) groups excluding carboxylic acids is 1. The molecule has 1 atom stereocenters. The zero-order valence-corrected chi connectivity index (χ0v) is 11.8. The Balaban J connectivity index is 2.61. The zero-order valence-electron chi connectivity index (χ0n) is 11.8. The van der Waals surface area contributed by atoms with Crippen LogP contribution >= 0.6 is 0 Å². The fourth-order valence-corrected chi connectivity index (χ4v) is 1.88. The van der Waals surface area contributed by atoms with E-state index in [0.29, 0.717) is 12.2 Å². The average molecular weight is 264 g/mol. The molecule has 4 heteroatoms. The number of unbranched alkanes of at least 4 members (excludes halogenated alkanes) is 1. The molecule has 0 aliphatic carbocycles. The molecule has 0 aliphatic heterocycles. The Kier molecular flexibility index (Phi) is 6.97. The largest absolute Gasteiger partial charge is 0.481 e. The molecule has 1 unspecified atom stereocenters. The number of nitrogens with two attached hydrogens (primary N) is 1. The minimum Gasteiger partial charge on any atom is -0.481 e. The van der Waals surface area contributed by atoms with E-state index in [-0.39, 0.29) is 5.91 Å². The number of benzene rings is 1. The number of hydrogen-bond donors (Lipinski definition) is 2. The van der Waals surface area contributed by atoms with E-state index in [1.807, 2.05) is 31.2 Å². The van der Waals surface area contributed by atoms with Gasteiger partial charge < -0.3 is 4.74 Å². The molecule has 0 fully saturated rings. The smallest absolute Gasteiger partial charge is 0.274 e. The number of hydrazine groups is 1. The molecule has 1 aromatic carbocycles. The van der Waals surface area contributed by atoms with E-state index < -0.39 is 6.10 Å². The Morgan fingerprint density at radius 1 is 1.26 bits per heavy atom. The summed E-state index contributed by atoms with van der Waals surface area (Å²) in [7, 11) is 0. The highest BCUT2D eigenvalue weighted by molar-refractivity contribution is 5.80. The van der Waals surface area contributed by atoms with Crippen LogP contribution in [0.3, 0.4) is 0 Å². The summed E-state index contributed by atoms with van der Waals surface area (Å²) in [4.78, 5) is 11.6. The number of amides is 1. The van der Waals surface area contributed by atoms with Gasteiger partial charge in [0.05, 0.1) is 0 Å². The van der Waals surface area contributed by atoms with E-state index in [4.69, 9.17) is 10.6 Å². The standard InChI is InChI=1S/C15H24N2O2/c1-3-5-7-12-8-10-13(11-9-12)19-14(6-4-2)15(18)17-16/h8-11,14H,3-7,16H2,1-2H3,(H,17,18). The Morgan fingerprint density at radius 2 is 1.95 bits per heavy atom. The predicted molar refractivity (Wildman–Crippen MR) is 76.7 cm³/mol. The van der Waals surface area contributed by atoms with Crippen molar-refractivity contribution >= 4 is 5.91 Å². The lowest BCUT2D eigenvalue weighted by Gasteiger charge is -2.17. The van der Waals surface area contributed by atoms with Crippen LogP contribution in [-0.2, 0) is 11.2 Å². The van der Waals surface area contributed by atoms with Gasteiger partial charge in [0.2, 0.25) is 0 Å². The van der Waals surface area contributed by atoms with Gasteiger partial charge in [-0.25, -0.2) is 5.84 Å². The third kappa shape index (κ3) is 5.30. The van der Waals surface area contributed by atoms with Crippen LogP contribution in [0.15, 0.2) is 24.3 Å². The van der Waals surface area contributed by atoms with Crippen LogP contribution in [0.5, 0.6) is 5.75 Å². The van der Waals surface area contributed by atoms with Crippen LogP contribution in [0.1, 0.15) is 45.1 Å². The number of rotatable bonds is 8. The number of carbonyl (C=O) groups is 1.